The van der Waals surface area contributed by atoms with E-state index in [9.17, 15) is 5.11 Å². The summed E-state index contributed by atoms with van der Waals surface area (Å²) in [6.45, 7) is 4.99. The smallest absolute Gasteiger partial charge is 0.166 e. The number of rotatable bonds is 8. The standard InChI is InChI=1S/C25H31NO4/c1-4-14-30-24-18(6-5-7-23(24)29-3)17-26-20-10-11-21(26)16-25(27,15-20)19-8-12-22(28-2)13-9-19/h4-9,12-13,20-21,27H,1,10-11,14-17H2,2-3H3/t20-,21-/m1/s1. The van der Waals surface area contributed by atoms with E-state index in [2.05, 4.69) is 17.5 Å². The van der Waals surface area contributed by atoms with Crippen LogP contribution in [0.2, 0.25) is 0 Å². The highest BCUT2D eigenvalue weighted by Gasteiger charge is 2.48. The van der Waals surface area contributed by atoms with E-state index < -0.39 is 5.60 Å². The van der Waals surface area contributed by atoms with Crippen LogP contribution in [0.3, 0.4) is 0 Å². The Morgan fingerprint density at radius 2 is 1.77 bits per heavy atom. The number of para-hydroxylation sites is 1. The first-order valence-corrected chi connectivity index (χ1v) is 10.6. The molecule has 0 aliphatic carbocycles. The zero-order chi connectivity index (χ0) is 21.1. The molecule has 2 aliphatic rings. The zero-order valence-electron chi connectivity index (χ0n) is 17.8. The minimum Gasteiger partial charge on any atom is -0.497 e. The van der Waals surface area contributed by atoms with Gasteiger partial charge < -0.3 is 19.3 Å². The minimum atomic E-state index is -0.787. The van der Waals surface area contributed by atoms with Crippen molar-refractivity contribution in [1.29, 1.82) is 0 Å². The Balaban J connectivity index is 1.54. The van der Waals surface area contributed by atoms with Gasteiger partial charge in [0.1, 0.15) is 12.4 Å². The van der Waals surface area contributed by atoms with E-state index in [1.807, 2.05) is 36.4 Å². The van der Waals surface area contributed by atoms with Crippen LogP contribution in [-0.4, -0.2) is 42.9 Å². The number of aliphatic hydroxyl groups is 1. The molecule has 1 N–H and O–H groups in total. The molecule has 0 aromatic heterocycles. The summed E-state index contributed by atoms with van der Waals surface area (Å²) in [5, 5.41) is 11.5. The summed E-state index contributed by atoms with van der Waals surface area (Å²) in [4.78, 5) is 2.54. The molecule has 2 heterocycles. The number of nitrogens with zero attached hydrogens (tertiary/aromatic N) is 1. The molecule has 2 saturated heterocycles. The molecule has 160 valence electrons. The average Bonchev–Trinajstić information content (AvgIpc) is 3.01. The number of ether oxygens (including phenoxy) is 3. The molecule has 2 atom stereocenters. The van der Waals surface area contributed by atoms with Crippen molar-refractivity contribution in [1.82, 2.24) is 4.90 Å². The second-order valence-electron chi connectivity index (χ2n) is 8.27. The Bertz CT molecular complexity index is 865. The van der Waals surface area contributed by atoms with Crippen molar-refractivity contribution in [2.45, 2.75) is 49.9 Å². The van der Waals surface area contributed by atoms with Gasteiger partial charge in [0.25, 0.3) is 0 Å². The van der Waals surface area contributed by atoms with Crippen LogP contribution in [0, 0.1) is 0 Å². The highest BCUT2D eigenvalue weighted by atomic mass is 16.5. The lowest BCUT2D eigenvalue weighted by molar-refractivity contribution is -0.0596. The largest absolute Gasteiger partial charge is 0.497 e. The van der Waals surface area contributed by atoms with Crippen LogP contribution in [0.15, 0.2) is 55.1 Å². The van der Waals surface area contributed by atoms with E-state index in [-0.39, 0.29) is 0 Å². The normalized spacial score (nSPS) is 25.7. The molecule has 0 spiro atoms. The molecular formula is C25H31NO4. The number of fused-ring (bicyclic) bond motifs is 2. The van der Waals surface area contributed by atoms with E-state index in [4.69, 9.17) is 14.2 Å². The first-order valence-electron chi connectivity index (χ1n) is 10.6. The number of hydrogen-bond acceptors (Lipinski definition) is 5. The van der Waals surface area contributed by atoms with Gasteiger partial charge in [-0.15, -0.1) is 0 Å². The summed E-state index contributed by atoms with van der Waals surface area (Å²) in [6.07, 6.45) is 5.44. The van der Waals surface area contributed by atoms with Gasteiger partial charge in [0.2, 0.25) is 0 Å². The quantitative estimate of drug-likeness (QED) is 0.660. The van der Waals surface area contributed by atoms with Crippen LogP contribution in [0.1, 0.15) is 36.8 Å². The predicted molar refractivity (Wildman–Crippen MR) is 117 cm³/mol. The van der Waals surface area contributed by atoms with Gasteiger partial charge in [-0.3, -0.25) is 4.90 Å². The zero-order valence-corrected chi connectivity index (χ0v) is 17.8. The predicted octanol–water partition coefficient (Wildman–Crippen LogP) is 4.28. The first kappa shape index (κ1) is 20.8. The Hall–Kier alpha value is -2.50. The number of hydrogen-bond donors (Lipinski definition) is 1. The molecule has 4 rings (SSSR count). The SMILES string of the molecule is C=CCOc1c(CN2[C@@H]3CC[C@@H]2CC(O)(c2ccc(OC)cc2)C3)cccc1OC. The van der Waals surface area contributed by atoms with Gasteiger partial charge >= 0.3 is 0 Å². The van der Waals surface area contributed by atoms with Crippen molar-refractivity contribution in [2.24, 2.45) is 0 Å². The van der Waals surface area contributed by atoms with E-state index >= 15 is 0 Å². The summed E-state index contributed by atoms with van der Waals surface area (Å²) < 4.78 is 16.7. The number of methoxy groups -OCH3 is 2. The van der Waals surface area contributed by atoms with Crippen molar-refractivity contribution in [3.8, 4) is 17.2 Å². The van der Waals surface area contributed by atoms with Crippen molar-refractivity contribution >= 4 is 0 Å². The minimum absolute atomic E-state index is 0.342. The van der Waals surface area contributed by atoms with E-state index in [0.717, 1.165) is 60.6 Å². The van der Waals surface area contributed by atoms with Crippen LogP contribution in [-0.2, 0) is 12.1 Å². The summed E-state index contributed by atoms with van der Waals surface area (Å²) in [5.41, 5.74) is 1.31. The lowest BCUT2D eigenvalue weighted by Gasteiger charge is -2.44. The highest BCUT2D eigenvalue weighted by molar-refractivity contribution is 5.47. The first-order chi connectivity index (χ1) is 14.6. The topological polar surface area (TPSA) is 51.2 Å². The van der Waals surface area contributed by atoms with Crippen LogP contribution in [0.4, 0.5) is 0 Å². The molecule has 2 aromatic rings. The van der Waals surface area contributed by atoms with Gasteiger partial charge in [-0.05, 0) is 49.4 Å². The monoisotopic (exact) mass is 409 g/mol. The molecule has 5 nitrogen and oxygen atoms in total. The fourth-order valence-corrected chi connectivity index (χ4v) is 5.06. The lowest BCUT2D eigenvalue weighted by atomic mass is 9.80. The van der Waals surface area contributed by atoms with Crippen LogP contribution in [0.5, 0.6) is 17.2 Å². The Labute approximate surface area is 178 Å². The Kier molecular flexibility index (Phi) is 6.02. The Morgan fingerprint density at radius 3 is 2.37 bits per heavy atom. The summed E-state index contributed by atoms with van der Waals surface area (Å²) in [5.74, 6) is 2.34. The molecular weight excluding hydrogens is 378 g/mol. The maximum Gasteiger partial charge on any atom is 0.166 e. The fourth-order valence-electron chi connectivity index (χ4n) is 5.06. The highest BCUT2D eigenvalue weighted by Crippen LogP contribution is 2.47. The molecule has 0 unspecified atom stereocenters. The van der Waals surface area contributed by atoms with Gasteiger partial charge in [0.05, 0.1) is 19.8 Å². The molecule has 2 aromatic carbocycles. The molecule has 0 amide bonds. The molecule has 0 saturated carbocycles. The molecule has 30 heavy (non-hydrogen) atoms. The summed E-state index contributed by atoms with van der Waals surface area (Å²) in [7, 11) is 3.33. The van der Waals surface area contributed by atoms with Crippen LogP contribution < -0.4 is 14.2 Å². The maximum absolute atomic E-state index is 11.5. The van der Waals surface area contributed by atoms with Crippen LogP contribution >= 0.6 is 0 Å². The summed E-state index contributed by atoms with van der Waals surface area (Å²) >= 11 is 0. The van der Waals surface area contributed by atoms with E-state index in [1.165, 1.54) is 0 Å². The maximum atomic E-state index is 11.5. The van der Waals surface area contributed by atoms with E-state index in [0.29, 0.717) is 18.7 Å². The number of piperidine rings is 1. The van der Waals surface area contributed by atoms with Gasteiger partial charge in [0, 0.05) is 24.2 Å². The van der Waals surface area contributed by atoms with Crippen molar-refractivity contribution < 1.29 is 19.3 Å². The number of benzene rings is 2. The second-order valence-corrected chi connectivity index (χ2v) is 8.27. The molecule has 0 radical (unpaired) electrons. The van der Waals surface area contributed by atoms with Crippen molar-refractivity contribution in [3.63, 3.8) is 0 Å². The Morgan fingerprint density at radius 1 is 1.07 bits per heavy atom. The third kappa shape index (κ3) is 3.92. The van der Waals surface area contributed by atoms with Crippen molar-refractivity contribution in [2.75, 3.05) is 20.8 Å². The summed E-state index contributed by atoms with van der Waals surface area (Å²) in [6, 6.07) is 14.6. The molecule has 2 aliphatic heterocycles. The van der Waals surface area contributed by atoms with E-state index in [1.54, 1.807) is 20.3 Å². The second kappa shape index (κ2) is 8.70. The van der Waals surface area contributed by atoms with Gasteiger partial charge in [-0.25, -0.2) is 0 Å². The molecule has 2 fully saturated rings. The average molecular weight is 410 g/mol. The van der Waals surface area contributed by atoms with Crippen LogP contribution in [0.25, 0.3) is 0 Å². The van der Waals surface area contributed by atoms with Crippen molar-refractivity contribution in [3.05, 3.63) is 66.2 Å². The molecule has 2 bridgehead atoms. The fraction of sp³-hybridized carbons (Fsp3) is 0.440. The third-order valence-corrected chi connectivity index (χ3v) is 6.52. The third-order valence-electron chi connectivity index (χ3n) is 6.52. The van der Waals surface area contributed by atoms with Gasteiger partial charge in [0.15, 0.2) is 11.5 Å². The molecule has 5 heteroatoms. The van der Waals surface area contributed by atoms with Gasteiger partial charge in [-0.1, -0.05) is 36.9 Å². The van der Waals surface area contributed by atoms with Gasteiger partial charge in [-0.2, -0.15) is 0 Å². The lowest BCUT2D eigenvalue weighted by Crippen LogP contribution is -2.49.